The maximum atomic E-state index is 12.3. The monoisotopic (exact) mass is 345 g/mol. The summed E-state index contributed by atoms with van der Waals surface area (Å²) in [6.45, 7) is 2.69. The van der Waals surface area contributed by atoms with Crippen LogP contribution in [0, 0.1) is 23.2 Å². The molecule has 136 valence electrons. The minimum Gasteiger partial charge on any atom is -0.351 e. The number of allylic oxidation sites excluding steroid dienone is 1. The molecule has 6 heteroatoms. The molecule has 25 heavy (non-hydrogen) atoms. The van der Waals surface area contributed by atoms with E-state index in [1.165, 1.54) is 44.1 Å². The van der Waals surface area contributed by atoms with Gasteiger partial charge in [-0.3, -0.25) is 14.5 Å². The highest BCUT2D eigenvalue weighted by Gasteiger charge is 2.51. The van der Waals surface area contributed by atoms with Crippen LogP contribution in [0.25, 0.3) is 0 Å². The Hall–Kier alpha value is -1.85. The molecule has 2 N–H and O–H groups in total. The molecule has 1 aliphatic heterocycles. The third-order valence-corrected chi connectivity index (χ3v) is 6.79. The summed E-state index contributed by atoms with van der Waals surface area (Å²) in [5.41, 5.74) is 1.47. The Morgan fingerprint density at radius 3 is 2.32 bits per heavy atom. The van der Waals surface area contributed by atoms with Gasteiger partial charge >= 0.3 is 6.03 Å². The van der Waals surface area contributed by atoms with Gasteiger partial charge in [0.2, 0.25) is 11.8 Å². The van der Waals surface area contributed by atoms with Gasteiger partial charge in [0.1, 0.15) is 0 Å². The Labute approximate surface area is 148 Å². The lowest BCUT2D eigenvalue weighted by molar-refractivity contribution is -0.125. The molecule has 1 saturated heterocycles. The number of imide groups is 1. The van der Waals surface area contributed by atoms with Gasteiger partial charge in [-0.15, -0.1) is 0 Å². The lowest BCUT2D eigenvalue weighted by atomic mass is 9.48. The van der Waals surface area contributed by atoms with Crippen LogP contribution in [0.1, 0.15) is 45.4 Å². The fourth-order valence-electron chi connectivity index (χ4n) is 5.97. The first-order valence-corrected chi connectivity index (χ1v) is 9.50. The van der Waals surface area contributed by atoms with Gasteiger partial charge in [0.05, 0.1) is 6.54 Å². The number of amides is 4. The van der Waals surface area contributed by atoms with Gasteiger partial charge in [0, 0.05) is 19.2 Å². The summed E-state index contributed by atoms with van der Waals surface area (Å²) in [5, 5.41) is 5.30. The van der Waals surface area contributed by atoms with Crippen LogP contribution in [0.5, 0.6) is 0 Å². The summed E-state index contributed by atoms with van der Waals surface area (Å²) in [7, 11) is 0. The molecule has 0 atom stereocenters. The molecule has 0 spiro atoms. The SMILES string of the molecule is C/C(=C/C(=O)NCCN1C(=O)CNC1=O)C12CC3CC(CC(C3)C1)C2. The molecule has 4 aliphatic carbocycles. The zero-order valence-electron chi connectivity index (χ0n) is 14.8. The average Bonchev–Trinajstić information content (AvgIpc) is 2.85. The van der Waals surface area contributed by atoms with Crippen molar-refractivity contribution >= 4 is 17.8 Å². The molecule has 0 unspecified atom stereocenters. The number of nitrogens with one attached hydrogen (secondary N) is 2. The van der Waals surface area contributed by atoms with E-state index in [2.05, 4.69) is 17.6 Å². The van der Waals surface area contributed by atoms with Crippen molar-refractivity contribution in [1.29, 1.82) is 0 Å². The van der Waals surface area contributed by atoms with Gasteiger partial charge in [0.15, 0.2) is 0 Å². The molecule has 0 aromatic carbocycles. The molecule has 4 amide bonds. The largest absolute Gasteiger partial charge is 0.351 e. The minimum atomic E-state index is -0.375. The van der Waals surface area contributed by atoms with Crippen LogP contribution in [-0.2, 0) is 9.59 Å². The number of hydrogen-bond donors (Lipinski definition) is 2. The Kier molecular flexibility index (Phi) is 4.08. The van der Waals surface area contributed by atoms with Gasteiger partial charge in [-0.05, 0) is 68.6 Å². The number of rotatable bonds is 5. The highest BCUT2D eigenvalue weighted by Crippen LogP contribution is 2.62. The molecular formula is C19H27N3O3. The maximum absolute atomic E-state index is 12.3. The third kappa shape index (κ3) is 3.07. The number of nitrogens with zero attached hydrogens (tertiary/aromatic N) is 1. The summed E-state index contributed by atoms with van der Waals surface area (Å²) in [5.74, 6) is 2.23. The molecule has 5 fully saturated rings. The van der Waals surface area contributed by atoms with Gasteiger partial charge < -0.3 is 10.6 Å². The molecule has 5 aliphatic rings. The predicted octanol–water partition coefficient (Wildman–Crippen LogP) is 1.82. The second-order valence-corrected chi connectivity index (χ2v) is 8.52. The fourth-order valence-corrected chi connectivity index (χ4v) is 5.97. The lowest BCUT2D eigenvalue weighted by Gasteiger charge is -2.57. The summed E-state index contributed by atoms with van der Waals surface area (Å²) >= 11 is 0. The fraction of sp³-hybridized carbons (Fsp3) is 0.737. The number of carbonyl (C=O) groups excluding carboxylic acids is 3. The topological polar surface area (TPSA) is 78.5 Å². The van der Waals surface area contributed by atoms with Crippen molar-refractivity contribution in [1.82, 2.24) is 15.5 Å². The first-order chi connectivity index (χ1) is 11.9. The van der Waals surface area contributed by atoms with Gasteiger partial charge in [-0.1, -0.05) is 5.57 Å². The van der Waals surface area contributed by atoms with E-state index in [0.29, 0.717) is 6.54 Å². The van der Waals surface area contributed by atoms with E-state index in [9.17, 15) is 14.4 Å². The van der Waals surface area contributed by atoms with Crippen molar-refractivity contribution in [3.05, 3.63) is 11.6 Å². The first kappa shape index (κ1) is 16.6. The quantitative estimate of drug-likeness (QED) is 0.589. The van der Waals surface area contributed by atoms with Crippen LogP contribution in [0.3, 0.4) is 0 Å². The Balaban J connectivity index is 1.33. The van der Waals surface area contributed by atoms with Crippen molar-refractivity contribution in [3.8, 4) is 0 Å². The summed E-state index contributed by atoms with van der Waals surface area (Å²) in [4.78, 5) is 36.4. The molecule has 4 saturated carbocycles. The summed E-state index contributed by atoms with van der Waals surface area (Å²) < 4.78 is 0. The zero-order chi connectivity index (χ0) is 17.6. The van der Waals surface area contributed by atoms with E-state index < -0.39 is 0 Å². The van der Waals surface area contributed by atoms with Crippen molar-refractivity contribution in [2.24, 2.45) is 23.2 Å². The van der Waals surface area contributed by atoms with E-state index in [4.69, 9.17) is 0 Å². The molecule has 4 bridgehead atoms. The predicted molar refractivity (Wildman–Crippen MR) is 92.5 cm³/mol. The summed E-state index contributed by atoms with van der Waals surface area (Å²) in [6.07, 6.45) is 9.68. The molecule has 0 aromatic heterocycles. The Bertz CT molecular complexity index is 589. The highest BCUT2D eigenvalue weighted by atomic mass is 16.2. The van der Waals surface area contributed by atoms with Crippen molar-refractivity contribution in [2.75, 3.05) is 19.6 Å². The van der Waals surface area contributed by atoms with Crippen LogP contribution < -0.4 is 10.6 Å². The van der Waals surface area contributed by atoms with E-state index in [0.717, 1.165) is 22.7 Å². The first-order valence-electron chi connectivity index (χ1n) is 9.50. The molecule has 6 nitrogen and oxygen atoms in total. The van der Waals surface area contributed by atoms with Gasteiger partial charge in [0.25, 0.3) is 0 Å². The van der Waals surface area contributed by atoms with E-state index >= 15 is 0 Å². The number of urea groups is 1. The van der Waals surface area contributed by atoms with Crippen LogP contribution in [0.2, 0.25) is 0 Å². The Morgan fingerprint density at radius 2 is 1.80 bits per heavy atom. The molecule has 1 heterocycles. The second kappa shape index (κ2) is 6.15. The third-order valence-electron chi connectivity index (χ3n) is 6.79. The van der Waals surface area contributed by atoms with Crippen molar-refractivity contribution in [2.45, 2.75) is 45.4 Å². The molecular weight excluding hydrogens is 318 g/mol. The lowest BCUT2D eigenvalue weighted by Crippen LogP contribution is -2.46. The van der Waals surface area contributed by atoms with Crippen molar-refractivity contribution in [3.63, 3.8) is 0 Å². The van der Waals surface area contributed by atoms with E-state index in [1.54, 1.807) is 6.08 Å². The van der Waals surface area contributed by atoms with Crippen LogP contribution in [-0.4, -0.2) is 42.4 Å². The average molecular weight is 345 g/mol. The molecule has 5 rings (SSSR count). The van der Waals surface area contributed by atoms with Crippen molar-refractivity contribution < 1.29 is 14.4 Å². The van der Waals surface area contributed by atoms with Gasteiger partial charge in [-0.2, -0.15) is 0 Å². The smallest absolute Gasteiger partial charge is 0.324 e. The summed E-state index contributed by atoms with van der Waals surface area (Å²) in [6, 6.07) is -0.375. The standard InChI is InChI=1S/C19H27N3O3/c1-12(19-8-13-5-14(9-19)7-15(6-13)10-19)4-16(23)20-2-3-22-17(24)11-21-18(22)25/h4,13-15H,2-3,5-11H2,1H3,(H,20,23)(H,21,25)/b12-4-. The zero-order valence-corrected chi connectivity index (χ0v) is 14.8. The molecule has 0 radical (unpaired) electrons. The normalized spacial score (nSPS) is 36.8. The van der Waals surface area contributed by atoms with Crippen LogP contribution in [0.4, 0.5) is 4.79 Å². The highest BCUT2D eigenvalue weighted by molar-refractivity contribution is 6.02. The number of carbonyl (C=O) groups is 3. The van der Waals surface area contributed by atoms with E-state index in [-0.39, 0.29) is 36.3 Å². The molecule has 0 aromatic rings. The minimum absolute atomic E-state index is 0.0534. The maximum Gasteiger partial charge on any atom is 0.324 e. The van der Waals surface area contributed by atoms with Gasteiger partial charge in [-0.25, -0.2) is 4.79 Å². The van der Waals surface area contributed by atoms with E-state index in [1.807, 2.05) is 0 Å². The second-order valence-electron chi connectivity index (χ2n) is 8.52. The van der Waals surface area contributed by atoms with Crippen LogP contribution in [0.15, 0.2) is 11.6 Å². The Morgan fingerprint density at radius 1 is 1.20 bits per heavy atom. The number of hydrogen-bond acceptors (Lipinski definition) is 3. The van der Waals surface area contributed by atoms with Crippen LogP contribution >= 0.6 is 0 Å².